The molecule has 0 rings (SSSR count). The van der Waals surface area contributed by atoms with E-state index in [1.807, 2.05) is 20.8 Å². The molecule has 0 aromatic heterocycles. The standard InChI is InChI=1S/C23H45NO12/c1-23(2,3)36-22(27)24-4-5-28-6-7-29-8-9-30-10-11-31-12-13-32-14-15-33-16-17-34-18-19-35-20-21(25)26/h4-20H2,1-3H3,(H,24,27)(H,25,26). The third kappa shape index (κ3) is 30.5. The van der Waals surface area contributed by atoms with Crippen molar-refractivity contribution in [2.24, 2.45) is 0 Å². The second-order valence-electron chi connectivity index (χ2n) is 8.16. The normalized spacial score (nSPS) is 11.5. The van der Waals surface area contributed by atoms with Gasteiger partial charge in [0.1, 0.15) is 12.2 Å². The number of carboxylic acid groups (broad SMARTS) is 1. The highest BCUT2D eigenvalue weighted by atomic mass is 16.6. The Morgan fingerprint density at radius 1 is 0.556 bits per heavy atom. The summed E-state index contributed by atoms with van der Waals surface area (Å²) in [4.78, 5) is 21.7. The van der Waals surface area contributed by atoms with Crippen molar-refractivity contribution in [1.29, 1.82) is 0 Å². The van der Waals surface area contributed by atoms with Crippen LogP contribution < -0.4 is 5.32 Å². The maximum Gasteiger partial charge on any atom is 0.407 e. The number of alkyl carbamates (subject to hydrolysis) is 1. The second kappa shape index (κ2) is 25.1. The average Bonchev–Trinajstić information content (AvgIpc) is 2.80. The first-order valence-corrected chi connectivity index (χ1v) is 12.1. The van der Waals surface area contributed by atoms with E-state index in [0.29, 0.717) is 99.0 Å². The number of hydrogen-bond donors (Lipinski definition) is 2. The molecule has 13 nitrogen and oxygen atoms in total. The van der Waals surface area contributed by atoms with Crippen molar-refractivity contribution in [3.05, 3.63) is 0 Å². The highest BCUT2D eigenvalue weighted by Crippen LogP contribution is 2.06. The number of carbonyl (C=O) groups excluding carboxylic acids is 1. The van der Waals surface area contributed by atoms with Crippen molar-refractivity contribution in [2.45, 2.75) is 26.4 Å². The summed E-state index contributed by atoms with van der Waals surface area (Å²) < 4.78 is 47.5. The molecule has 0 aliphatic heterocycles. The van der Waals surface area contributed by atoms with Gasteiger partial charge in [-0.2, -0.15) is 0 Å². The summed E-state index contributed by atoms with van der Waals surface area (Å²) in [6.07, 6.45) is -0.458. The van der Waals surface area contributed by atoms with Gasteiger partial charge in [-0.25, -0.2) is 9.59 Å². The van der Waals surface area contributed by atoms with Gasteiger partial charge in [-0.05, 0) is 20.8 Å². The van der Waals surface area contributed by atoms with Gasteiger partial charge in [-0.15, -0.1) is 0 Å². The van der Waals surface area contributed by atoms with Crippen molar-refractivity contribution in [3.63, 3.8) is 0 Å². The lowest BCUT2D eigenvalue weighted by Gasteiger charge is -2.19. The smallest absolute Gasteiger partial charge is 0.407 e. The molecule has 0 unspecified atom stereocenters. The van der Waals surface area contributed by atoms with E-state index in [1.165, 1.54) is 0 Å². The van der Waals surface area contributed by atoms with Crippen LogP contribution in [-0.2, 0) is 47.4 Å². The third-order valence-electron chi connectivity index (χ3n) is 3.74. The van der Waals surface area contributed by atoms with Gasteiger partial charge in [0.15, 0.2) is 0 Å². The first-order valence-electron chi connectivity index (χ1n) is 12.1. The highest BCUT2D eigenvalue weighted by molar-refractivity contribution is 5.68. The number of amides is 1. The van der Waals surface area contributed by atoms with E-state index in [2.05, 4.69) is 5.32 Å². The number of carbonyl (C=O) groups is 2. The molecule has 0 heterocycles. The SMILES string of the molecule is CC(C)(C)OC(=O)NCCOCCOCCOCCOCCOCCOCCOCCOCC(=O)O. The molecule has 0 saturated carbocycles. The summed E-state index contributed by atoms with van der Waals surface area (Å²) in [6, 6.07) is 0. The van der Waals surface area contributed by atoms with E-state index in [4.69, 9.17) is 47.7 Å². The molecule has 0 fully saturated rings. The van der Waals surface area contributed by atoms with Crippen LogP contribution in [-0.4, -0.2) is 135 Å². The minimum atomic E-state index is -0.998. The van der Waals surface area contributed by atoms with E-state index in [0.717, 1.165) is 0 Å². The van der Waals surface area contributed by atoms with Crippen LogP contribution >= 0.6 is 0 Å². The van der Waals surface area contributed by atoms with Crippen LogP contribution in [0.4, 0.5) is 4.79 Å². The second-order valence-corrected chi connectivity index (χ2v) is 8.16. The van der Waals surface area contributed by atoms with Gasteiger partial charge in [0, 0.05) is 6.54 Å². The molecular formula is C23H45NO12. The van der Waals surface area contributed by atoms with Crippen molar-refractivity contribution in [3.8, 4) is 0 Å². The molecule has 2 N–H and O–H groups in total. The molecule has 0 spiro atoms. The molecule has 0 aliphatic rings. The van der Waals surface area contributed by atoms with Crippen molar-refractivity contribution < 1.29 is 57.3 Å². The molecule has 1 amide bonds. The van der Waals surface area contributed by atoms with Crippen LogP contribution in [0.25, 0.3) is 0 Å². The van der Waals surface area contributed by atoms with Gasteiger partial charge >= 0.3 is 12.1 Å². The first-order chi connectivity index (χ1) is 17.3. The molecule has 36 heavy (non-hydrogen) atoms. The quantitative estimate of drug-likeness (QED) is 0.153. The zero-order valence-corrected chi connectivity index (χ0v) is 22.0. The summed E-state index contributed by atoms with van der Waals surface area (Å²) in [6.45, 7) is 11.9. The van der Waals surface area contributed by atoms with Crippen LogP contribution in [0.15, 0.2) is 0 Å². The van der Waals surface area contributed by atoms with Crippen LogP contribution in [0.5, 0.6) is 0 Å². The van der Waals surface area contributed by atoms with E-state index in [1.54, 1.807) is 0 Å². The number of aliphatic carboxylic acids is 1. The zero-order valence-electron chi connectivity index (χ0n) is 22.0. The number of ether oxygens (including phenoxy) is 9. The molecule has 13 heteroatoms. The monoisotopic (exact) mass is 527 g/mol. The Balaban J connectivity index is 3.11. The Bertz CT molecular complexity index is 516. The lowest BCUT2D eigenvalue weighted by Crippen LogP contribution is -2.34. The number of carboxylic acids is 1. The average molecular weight is 528 g/mol. The topological polar surface area (TPSA) is 149 Å². The molecule has 0 saturated heterocycles. The number of hydrogen-bond acceptors (Lipinski definition) is 11. The van der Waals surface area contributed by atoms with Gasteiger partial charge in [0.25, 0.3) is 0 Å². The lowest BCUT2D eigenvalue weighted by atomic mass is 10.2. The van der Waals surface area contributed by atoms with Crippen LogP contribution in [0.3, 0.4) is 0 Å². The Hall–Kier alpha value is -1.58. The fraction of sp³-hybridized carbons (Fsp3) is 0.913. The molecule has 214 valence electrons. The summed E-state index contributed by atoms with van der Waals surface area (Å²) in [7, 11) is 0. The summed E-state index contributed by atoms with van der Waals surface area (Å²) >= 11 is 0. The predicted octanol–water partition coefficient (Wildman–Crippen LogP) is 0.729. The predicted molar refractivity (Wildman–Crippen MR) is 128 cm³/mol. The molecule has 0 bridgehead atoms. The Labute approximate surface area is 213 Å². The number of rotatable bonds is 26. The molecule has 0 aromatic rings. The minimum absolute atomic E-state index is 0.239. The maximum absolute atomic E-state index is 11.4. The van der Waals surface area contributed by atoms with Gasteiger partial charge < -0.3 is 53.1 Å². The summed E-state index contributed by atoms with van der Waals surface area (Å²) in [5.74, 6) is -0.998. The molecular weight excluding hydrogens is 482 g/mol. The third-order valence-corrected chi connectivity index (χ3v) is 3.74. The van der Waals surface area contributed by atoms with Gasteiger partial charge in [0.05, 0.1) is 99.1 Å². The summed E-state index contributed by atoms with van der Waals surface area (Å²) in [5, 5.41) is 11.0. The summed E-state index contributed by atoms with van der Waals surface area (Å²) in [5.41, 5.74) is -0.513. The van der Waals surface area contributed by atoms with Crippen molar-refractivity contribution in [1.82, 2.24) is 5.32 Å². The minimum Gasteiger partial charge on any atom is -0.480 e. The molecule has 0 atom stereocenters. The Morgan fingerprint density at radius 2 is 0.861 bits per heavy atom. The molecule has 0 radical (unpaired) electrons. The fourth-order valence-corrected chi connectivity index (χ4v) is 2.24. The lowest BCUT2D eigenvalue weighted by molar-refractivity contribution is -0.142. The van der Waals surface area contributed by atoms with Crippen LogP contribution in [0, 0.1) is 0 Å². The van der Waals surface area contributed by atoms with Gasteiger partial charge in [0.2, 0.25) is 0 Å². The molecule has 0 aromatic carbocycles. The van der Waals surface area contributed by atoms with Crippen LogP contribution in [0.2, 0.25) is 0 Å². The molecule has 0 aliphatic carbocycles. The Kier molecular flexibility index (Phi) is 24.0. The van der Waals surface area contributed by atoms with Crippen molar-refractivity contribution >= 4 is 12.1 Å². The van der Waals surface area contributed by atoms with E-state index < -0.39 is 17.7 Å². The Morgan fingerprint density at radius 3 is 1.17 bits per heavy atom. The highest BCUT2D eigenvalue weighted by Gasteiger charge is 2.15. The van der Waals surface area contributed by atoms with E-state index >= 15 is 0 Å². The largest absolute Gasteiger partial charge is 0.480 e. The van der Waals surface area contributed by atoms with Gasteiger partial charge in [-0.3, -0.25) is 0 Å². The maximum atomic E-state index is 11.4. The van der Waals surface area contributed by atoms with E-state index in [-0.39, 0.29) is 13.2 Å². The zero-order chi connectivity index (χ0) is 26.7. The van der Waals surface area contributed by atoms with Gasteiger partial charge in [-0.1, -0.05) is 0 Å². The van der Waals surface area contributed by atoms with Crippen LogP contribution in [0.1, 0.15) is 20.8 Å². The first kappa shape index (κ1) is 34.4. The number of nitrogens with one attached hydrogen (secondary N) is 1. The van der Waals surface area contributed by atoms with E-state index in [9.17, 15) is 9.59 Å². The van der Waals surface area contributed by atoms with Crippen molar-refractivity contribution in [2.75, 3.05) is 112 Å². The fourth-order valence-electron chi connectivity index (χ4n) is 2.24.